The largest absolute Gasteiger partial charge is 0.463 e. The first-order valence-electron chi connectivity index (χ1n) is 7.83. The summed E-state index contributed by atoms with van der Waals surface area (Å²) in [5.74, 6) is -1.05. The van der Waals surface area contributed by atoms with Crippen LogP contribution in [-0.4, -0.2) is 30.1 Å². The second-order valence-electron chi connectivity index (χ2n) is 4.93. The number of hydrogen-bond acceptors (Lipinski definition) is 5. The molecule has 6 heteroatoms. The molecule has 0 saturated heterocycles. The molecule has 0 spiro atoms. The first-order valence-corrected chi connectivity index (χ1v) is 8.21. The highest BCUT2D eigenvalue weighted by Crippen LogP contribution is 2.28. The van der Waals surface area contributed by atoms with Gasteiger partial charge in [0.15, 0.2) is 5.69 Å². The lowest BCUT2D eigenvalue weighted by Gasteiger charge is -2.11. The van der Waals surface area contributed by atoms with Crippen LogP contribution >= 0.6 is 11.6 Å². The number of benzene rings is 1. The van der Waals surface area contributed by atoms with Crippen molar-refractivity contribution in [1.29, 1.82) is 0 Å². The Balaban J connectivity index is 2.54. The van der Waals surface area contributed by atoms with E-state index in [0.29, 0.717) is 10.6 Å². The molecule has 0 fully saturated rings. The molecular weight excluding hydrogens is 342 g/mol. The molecule has 0 radical (unpaired) electrons. The van der Waals surface area contributed by atoms with E-state index in [1.807, 2.05) is 12.1 Å². The zero-order chi connectivity index (χ0) is 18.2. The fourth-order valence-electron chi connectivity index (χ4n) is 2.23. The summed E-state index contributed by atoms with van der Waals surface area (Å²) in [5.41, 5.74) is 2.18. The third-order valence-corrected chi connectivity index (χ3v) is 3.54. The molecule has 25 heavy (non-hydrogen) atoms. The number of pyridine rings is 1. The lowest BCUT2D eigenvalue weighted by Crippen LogP contribution is -2.10. The molecule has 1 aromatic heterocycles. The molecule has 0 aliphatic rings. The monoisotopic (exact) mass is 359 g/mol. The molecule has 1 aromatic carbocycles. The van der Waals surface area contributed by atoms with Crippen molar-refractivity contribution in [2.24, 2.45) is 0 Å². The van der Waals surface area contributed by atoms with Crippen molar-refractivity contribution >= 4 is 29.6 Å². The Morgan fingerprint density at radius 2 is 1.76 bits per heavy atom. The summed E-state index contributed by atoms with van der Waals surface area (Å²) in [4.78, 5) is 28.0. The zero-order valence-corrected chi connectivity index (χ0v) is 14.7. The second kappa shape index (κ2) is 8.99. The topological polar surface area (TPSA) is 65.5 Å². The van der Waals surface area contributed by atoms with Crippen molar-refractivity contribution in [3.63, 3.8) is 0 Å². The Kier molecular flexibility index (Phi) is 6.71. The average Bonchev–Trinajstić information content (AvgIpc) is 2.61. The summed E-state index contributed by atoms with van der Waals surface area (Å²) in [5, 5.41) is 0.604. The van der Waals surface area contributed by atoms with Crippen LogP contribution in [-0.2, 0) is 14.3 Å². The molecule has 5 nitrogen and oxygen atoms in total. The number of halogens is 1. The number of carbonyl (C=O) groups is 2. The minimum absolute atomic E-state index is 0.134. The molecule has 0 unspecified atom stereocenters. The fourth-order valence-corrected chi connectivity index (χ4v) is 2.35. The first-order chi connectivity index (χ1) is 12.1. The predicted octanol–water partition coefficient (Wildman–Crippen LogP) is 4.16. The molecule has 0 N–H and O–H groups in total. The number of hydrogen-bond donors (Lipinski definition) is 0. The first kappa shape index (κ1) is 18.7. The van der Waals surface area contributed by atoms with Crippen LogP contribution in [0.4, 0.5) is 0 Å². The van der Waals surface area contributed by atoms with Gasteiger partial charge >= 0.3 is 11.9 Å². The van der Waals surface area contributed by atoms with Crippen LogP contribution in [0.3, 0.4) is 0 Å². The number of rotatable bonds is 6. The fraction of sp³-hybridized carbons (Fsp3) is 0.211. The lowest BCUT2D eigenvalue weighted by atomic mass is 9.98. The van der Waals surface area contributed by atoms with Crippen molar-refractivity contribution in [1.82, 2.24) is 4.98 Å². The highest BCUT2D eigenvalue weighted by molar-refractivity contribution is 6.30. The van der Waals surface area contributed by atoms with E-state index in [1.165, 1.54) is 18.3 Å². The van der Waals surface area contributed by atoms with E-state index in [1.54, 1.807) is 32.0 Å². The Hall–Kier alpha value is -2.66. The number of aromatic nitrogens is 1. The minimum Gasteiger partial charge on any atom is -0.463 e. The van der Waals surface area contributed by atoms with Crippen molar-refractivity contribution < 1.29 is 19.1 Å². The molecule has 130 valence electrons. The van der Waals surface area contributed by atoms with Gasteiger partial charge < -0.3 is 9.47 Å². The number of ether oxygens (including phenoxy) is 2. The molecule has 2 rings (SSSR count). The molecule has 0 aliphatic heterocycles. The minimum atomic E-state index is -0.554. The summed E-state index contributed by atoms with van der Waals surface area (Å²) in [6.45, 7) is 3.94. The molecule has 0 atom stereocenters. The SMILES string of the molecule is CCOC(=O)/C=C/c1c(-c2ccc(Cl)cc2)ccnc1C(=O)OCC. The number of nitrogens with zero attached hydrogens (tertiary/aromatic N) is 1. The lowest BCUT2D eigenvalue weighted by molar-refractivity contribution is -0.137. The molecule has 1 heterocycles. The van der Waals surface area contributed by atoms with E-state index in [9.17, 15) is 9.59 Å². The van der Waals surface area contributed by atoms with E-state index in [4.69, 9.17) is 21.1 Å². The maximum absolute atomic E-state index is 12.2. The Labute approximate surface area is 151 Å². The smallest absolute Gasteiger partial charge is 0.357 e. The van der Waals surface area contributed by atoms with Crippen LogP contribution < -0.4 is 0 Å². The van der Waals surface area contributed by atoms with E-state index in [-0.39, 0.29) is 18.9 Å². The van der Waals surface area contributed by atoms with Gasteiger partial charge in [0, 0.05) is 22.9 Å². The quantitative estimate of drug-likeness (QED) is 0.572. The Morgan fingerprint density at radius 3 is 2.40 bits per heavy atom. The van der Waals surface area contributed by atoms with Gasteiger partial charge in [-0.25, -0.2) is 14.6 Å². The molecule has 0 amide bonds. The van der Waals surface area contributed by atoms with Crippen LogP contribution in [0, 0.1) is 0 Å². The standard InChI is InChI=1S/C19H18ClNO4/c1-3-24-17(22)10-9-16-15(13-5-7-14(20)8-6-13)11-12-21-18(16)19(23)25-4-2/h5-12H,3-4H2,1-2H3/b10-9+. The maximum atomic E-state index is 12.2. The van der Waals surface area contributed by atoms with Gasteiger partial charge in [0.1, 0.15) is 0 Å². The molecule has 0 saturated carbocycles. The highest BCUT2D eigenvalue weighted by Gasteiger charge is 2.17. The summed E-state index contributed by atoms with van der Waals surface area (Å²) in [6, 6.07) is 8.92. The van der Waals surface area contributed by atoms with Crippen molar-refractivity contribution in [3.05, 3.63) is 58.9 Å². The average molecular weight is 360 g/mol. The molecule has 0 aliphatic carbocycles. The summed E-state index contributed by atoms with van der Waals surface area (Å²) < 4.78 is 9.95. The van der Waals surface area contributed by atoms with Crippen LogP contribution in [0.1, 0.15) is 29.9 Å². The normalized spacial score (nSPS) is 10.7. The predicted molar refractivity (Wildman–Crippen MR) is 96.3 cm³/mol. The van der Waals surface area contributed by atoms with Crippen molar-refractivity contribution in [2.45, 2.75) is 13.8 Å². The van der Waals surface area contributed by atoms with Crippen LogP contribution in [0.5, 0.6) is 0 Å². The van der Waals surface area contributed by atoms with Crippen molar-refractivity contribution in [2.75, 3.05) is 13.2 Å². The van der Waals surface area contributed by atoms with Gasteiger partial charge in [0.25, 0.3) is 0 Å². The summed E-state index contributed by atoms with van der Waals surface area (Å²) in [6.07, 6.45) is 4.31. The Morgan fingerprint density at radius 1 is 1.08 bits per heavy atom. The van der Waals surface area contributed by atoms with E-state index < -0.39 is 11.9 Å². The third-order valence-electron chi connectivity index (χ3n) is 3.29. The maximum Gasteiger partial charge on any atom is 0.357 e. The van der Waals surface area contributed by atoms with Crippen LogP contribution in [0.2, 0.25) is 5.02 Å². The number of esters is 2. The van der Waals surface area contributed by atoms with Gasteiger partial charge in [-0.05, 0) is 49.2 Å². The van der Waals surface area contributed by atoms with E-state index in [2.05, 4.69) is 4.98 Å². The zero-order valence-electron chi connectivity index (χ0n) is 14.0. The molecular formula is C19H18ClNO4. The van der Waals surface area contributed by atoms with Gasteiger partial charge in [-0.3, -0.25) is 0 Å². The van der Waals surface area contributed by atoms with E-state index in [0.717, 1.165) is 11.1 Å². The van der Waals surface area contributed by atoms with Crippen LogP contribution in [0.15, 0.2) is 42.6 Å². The van der Waals surface area contributed by atoms with Gasteiger partial charge in [-0.15, -0.1) is 0 Å². The van der Waals surface area contributed by atoms with Gasteiger partial charge in [-0.2, -0.15) is 0 Å². The molecule has 0 bridgehead atoms. The van der Waals surface area contributed by atoms with E-state index >= 15 is 0 Å². The van der Waals surface area contributed by atoms with Gasteiger partial charge in [0.05, 0.1) is 13.2 Å². The summed E-state index contributed by atoms with van der Waals surface area (Å²) in [7, 11) is 0. The van der Waals surface area contributed by atoms with Crippen LogP contribution in [0.25, 0.3) is 17.2 Å². The van der Waals surface area contributed by atoms with Crippen molar-refractivity contribution in [3.8, 4) is 11.1 Å². The summed E-state index contributed by atoms with van der Waals surface area (Å²) >= 11 is 5.94. The Bertz CT molecular complexity index is 785. The second-order valence-corrected chi connectivity index (χ2v) is 5.37. The highest BCUT2D eigenvalue weighted by atomic mass is 35.5. The number of carbonyl (C=O) groups excluding carboxylic acids is 2. The third kappa shape index (κ3) is 4.90. The van der Waals surface area contributed by atoms with Gasteiger partial charge in [0.2, 0.25) is 0 Å². The van der Waals surface area contributed by atoms with Gasteiger partial charge in [-0.1, -0.05) is 23.7 Å². The molecule has 2 aromatic rings.